The van der Waals surface area contributed by atoms with Crippen molar-refractivity contribution in [3.05, 3.63) is 70.2 Å². The molecule has 0 aliphatic carbocycles. The van der Waals surface area contributed by atoms with E-state index in [4.69, 9.17) is 0 Å². The molecule has 6 heteroatoms. The van der Waals surface area contributed by atoms with E-state index in [1.165, 1.54) is 27.9 Å². The average Bonchev–Trinajstić information content (AvgIpc) is 2.68. The first-order valence-electron chi connectivity index (χ1n) is 8.53. The maximum absolute atomic E-state index is 4.66. The number of hydrogen-bond acceptors (Lipinski definition) is 5. The van der Waals surface area contributed by atoms with Crippen LogP contribution in [0.3, 0.4) is 0 Å². The van der Waals surface area contributed by atoms with E-state index in [2.05, 4.69) is 66.1 Å². The molecule has 0 saturated carbocycles. The molecular formula is C20H19BrN4S. The van der Waals surface area contributed by atoms with E-state index in [0.29, 0.717) is 0 Å². The van der Waals surface area contributed by atoms with Gasteiger partial charge in [-0.3, -0.25) is 9.88 Å². The highest BCUT2D eigenvalue weighted by Gasteiger charge is 2.19. The molecule has 0 N–H and O–H groups in total. The first-order chi connectivity index (χ1) is 12.7. The van der Waals surface area contributed by atoms with Crippen LogP contribution in [0.15, 0.2) is 58.6 Å². The highest BCUT2D eigenvalue weighted by molar-refractivity contribution is 9.10. The summed E-state index contributed by atoms with van der Waals surface area (Å²) in [6, 6.07) is 10.5. The van der Waals surface area contributed by atoms with E-state index in [1.807, 2.05) is 24.8 Å². The smallest absolute Gasteiger partial charge is 0.187 e. The number of hydrogen-bond donors (Lipinski definition) is 0. The number of aromatic nitrogens is 3. The number of nitrogens with zero attached hydrogens (tertiary/aromatic N) is 4. The van der Waals surface area contributed by atoms with Gasteiger partial charge in [-0.1, -0.05) is 39.8 Å². The van der Waals surface area contributed by atoms with Crippen LogP contribution in [0, 0.1) is 0 Å². The van der Waals surface area contributed by atoms with Crippen LogP contribution in [-0.4, -0.2) is 32.7 Å². The van der Waals surface area contributed by atoms with Crippen molar-refractivity contribution in [1.29, 1.82) is 0 Å². The molecule has 0 amide bonds. The maximum Gasteiger partial charge on any atom is 0.187 e. The van der Waals surface area contributed by atoms with Crippen molar-refractivity contribution in [2.45, 2.75) is 24.7 Å². The highest BCUT2D eigenvalue weighted by Crippen LogP contribution is 2.28. The molecule has 3 aromatic rings. The van der Waals surface area contributed by atoms with Crippen molar-refractivity contribution in [2.24, 2.45) is 0 Å². The van der Waals surface area contributed by atoms with Crippen LogP contribution < -0.4 is 0 Å². The van der Waals surface area contributed by atoms with E-state index >= 15 is 0 Å². The highest BCUT2D eigenvalue weighted by atomic mass is 79.9. The van der Waals surface area contributed by atoms with Crippen molar-refractivity contribution >= 4 is 27.7 Å². The molecule has 0 radical (unpaired) electrons. The third-order valence-corrected chi connectivity index (χ3v) is 5.66. The van der Waals surface area contributed by atoms with Crippen molar-refractivity contribution in [2.75, 3.05) is 12.8 Å². The fourth-order valence-electron chi connectivity index (χ4n) is 3.32. The minimum atomic E-state index is 0.862. The number of rotatable bonds is 4. The summed E-state index contributed by atoms with van der Waals surface area (Å²) in [6.07, 6.45) is 8.82. The molecule has 0 spiro atoms. The summed E-state index contributed by atoms with van der Waals surface area (Å²) in [5, 5.41) is 0.862. The predicted octanol–water partition coefficient (Wildman–Crippen LogP) is 4.58. The van der Waals surface area contributed by atoms with Gasteiger partial charge in [0.25, 0.3) is 0 Å². The lowest BCUT2D eigenvalue weighted by atomic mass is 10.0. The topological polar surface area (TPSA) is 41.9 Å². The molecule has 0 bridgehead atoms. The third kappa shape index (κ3) is 3.82. The molecule has 0 fully saturated rings. The monoisotopic (exact) mass is 426 g/mol. The standard InChI is InChI=1S/C20H19BrN4S/c1-26-20-23-11-16-13-25(8-6-19(16)24-20)12-15-10-22-7-5-18(15)14-3-2-4-17(21)9-14/h2-5,7,9-11H,6,8,12-13H2,1H3. The Hall–Kier alpha value is -1.76. The Labute approximate surface area is 166 Å². The van der Waals surface area contributed by atoms with Gasteiger partial charge in [0.2, 0.25) is 0 Å². The second kappa shape index (κ2) is 7.86. The molecule has 2 aromatic heterocycles. The van der Waals surface area contributed by atoms with E-state index in [-0.39, 0.29) is 0 Å². The molecule has 0 saturated heterocycles. The molecule has 132 valence electrons. The van der Waals surface area contributed by atoms with Gasteiger partial charge < -0.3 is 0 Å². The SMILES string of the molecule is CSc1ncc2c(n1)CCN(Cc1cnccc1-c1cccc(Br)c1)C2. The molecule has 1 aromatic carbocycles. The summed E-state index contributed by atoms with van der Waals surface area (Å²) >= 11 is 5.17. The fourth-order valence-corrected chi connectivity index (χ4v) is 4.08. The van der Waals surface area contributed by atoms with Gasteiger partial charge in [-0.2, -0.15) is 0 Å². The summed E-state index contributed by atoms with van der Waals surface area (Å²) in [4.78, 5) is 15.9. The molecule has 1 aliphatic heterocycles. The Morgan fingerprint density at radius 1 is 1.23 bits per heavy atom. The molecule has 26 heavy (non-hydrogen) atoms. The Morgan fingerprint density at radius 3 is 3.00 bits per heavy atom. The molecule has 0 unspecified atom stereocenters. The second-order valence-electron chi connectivity index (χ2n) is 6.33. The molecule has 4 rings (SSSR count). The van der Waals surface area contributed by atoms with Crippen molar-refractivity contribution in [3.63, 3.8) is 0 Å². The molecule has 3 heterocycles. The Kier molecular flexibility index (Phi) is 5.33. The number of benzene rings is 1. The van der Waals surface area contributed by atoms with Gasteiger partial charge in [-0.05, 0) is 41.1 Å². The van der Waals surface area contributed by atoms with Crippen LogP contribution in [0.4, 0.5) is 0 Å². The zero-order valence-corrected chi connectivity index (χ0v) is 16.9. The van der Waals surface area contributed by atoms with Gasteiger partial charge in [-0.15, -0.1) is 0 Å². The molecule has 4 nitrogen and oxygen atoms in total. The Balaban J connectivity index is 1.57. The number of fused-ring (bicyclic) bond motifs is 1. The lowest BCUT2D eigenvalue weighted by Gasteiger charge is -2.28. The molecular weight excluding hydrogens is 408 g/mol. The number of halogens is 1. The van der Waals surface area contributed by atoms with E-state index in [1.54, 1.807) is 11.8 Å². The van der Waals surface area contributed by atoms with Crippen LogP contribution in [0.1, 0.15) is 16.8 Å². The number of thioether (sulfide) groups is 1. The Bertz CT molecular complexity index is 931. The van der Waals surface area contributed by atoms with Crippen LogP contribution in [0.5, 0.6) is 0 Å². The maximum atomic E-state index is 4.66. The summed E-state index contributed by atoms with van der Waals surface area (Å²) in [5.41, 5.74) is 6.12. The van der Waals surface area contributed by atoms with Gasteiger partial charge in [0, 0.05) is 54.7 Å². The van der Waals surface area contributed by atoms with Gasteiger partial charge in [0.15, 0.2) is 5.16 Å². The first-order valence-corrected chi connectivity index (χ1v) is 10.5. The van der Waals surface area contributed by atoms with Crippen LogP contribution in [0.25, 0.3) is 11.1 Å². The van der Waals surface area contributed by atoms with Gasteiger partial charge in [0.1, 0.15) is 0 Å². The van der Waals surface area contributed by atoms with E-state index in [0.717, 1.165) is 35.7 Å². The van der Waals surface area contributed by atoms with Gasteiger partial charge in [-0.25, -0.2) is 9.97 Å². The quantitative estimate of drug-likeness (QED) is 0.450. The zero-order chi connectivity index (χ0) is 17.9. The minimum Gasteiger partial charge on any atom is -0.294 e. The first kappa shape index (κ1) is 17.6. The molecule has 0 atom stereocenters. The third-order valence-electron chi connectivity index (χ3n) is 4.61. The summed E-state index contributed by atoms with van der Waals surface area (Å²) < 4.78 is 1.09. The second-order valence-corrected chi connectivity index (χ2v) is 8.02. The lowest BCUT2D eigenvalue weighted by Crippen LogP contribution is -2.31. The summed E-state index contributed by atoms with van der Waals surface area (Å²) in [5.74, 6) is 0. The predicted molar refractivity (Wildman–Crippen MR) is 109 cm³/mol. The normalized spacial score (nSPS) is 14.2. The largest absolute Gasteiger partial charge is 0.294 e. The van der Waals surface area contributed by atoms with E-state index in [9.17, 15) is 0 Å². The van der Waals surface area contributed by atoms with Gasteiger partial charge >= 0.3 is 0 Å². The fraction of sp³-hybridized carbons (Fsp3) is 0.250. The summed E-state index contributed by atoms with van der Waals surface area (Å²) in [7, 11) is 0. The minimum absolute atomic E-state index is 0.862. The van der Waals surface area contributed by atoms with Crippen molar-refractivity contribution in [1.82, 2.24) is 19.9 Å². The van der Waals surface area contributed by atoms with Crippen LogP contribution >= 0.6 is 27.7 Å². The number of pyridine rings is 1. The average molecular weight is 427 g/mol. The molecule has 1 aliphatic rings. The van der Waals surface area contributed by atoms with Crippen LogP contribution in [0.2, 0.25) is 0 Å². The van der Waals surface area contributed by atoms with Crippen molar-refractivity contribution in [3.8, 4) is 11.1 Å². The zero-order valence-electron chi connectivity index (χ0n) is 14.5. The van der Waals surface area contributed by atoms with Gasteiger partial charge in [0.05, 0.1) is 5.69 Å². The van der Waals surface area contributed by atoms with Crippen LogP contribution in [-0.2, 0) is 19.5 Å². The van der Waals surface area contributed by atoms with Crippen molar-refractivity contribution < 1.29 is 0 Å². The lowest BCUT2D eigenvalue weighted by molar-refractivity contribution is 0.242. The van der Waals surface area contributed by atoms with E-state index < -0.39 is 0 Å². The Morgan fingerprint density at radius 2 is 2.15 bits per heavy atom. The summed E-state index contributed by atoms with van der Waals surface area (Å²) in [6.45, 7) is 2.76.